The summed E-state index contributed by atoms with van der Waals surface area (Å²) in [5.74, 6) is 1.21. The van der Waals surface area contributed by atoms with Crippen LogP contribution >= 0.6 is 11.3 Å². The number of hydrogen-bond donors (Lipinski definition) is 1. The summed E-state index contributed by atoms with van der Waals surface area (Å²) in [7, 11) is 0. The molecule has 0 radical (unpaired) electrons. The SMILES string of the molecule is CCn1c2ccccc2c2cc(NC(=O)C3CCCN(Cc4nc(-c5cccs5)no4)C3)ccc21. The molecule has 1 N–H and O–H groups in total. The van der Waals surface area contributed by atoms with Crippen molar-refractivity contribution in [2.45, 2.75) is 32.9 Å². The molecule has 6 rings (SSSR count). The minimum atomic E-state index is -0.0730. The smallest absolute Gasteiger partial charge is 0.241 e. The number of carbonyl (C=O) groups excluding carboxylic acids is 1. The molecule has 1 aliphatic rings. The first-order valence-electron chi connectivity index (χ1n) is 12.1. The molecular formula is C27H27N5O2S. The van der Waals surface area contributed by atoms with Crippen molar-refractivity contribution in [1.29, 1.82) is 0 Å². The van der Waals surface area contributed by atoms with Crippen molar-refractivity contribution >= 4 is 44.7 Å². The molecule has 2 aromatic carbocycles. The number of rotatable bonds is 6. The molecule has 5 aromatic rings. The molecule has 0 bridgehead atoms. The summed E-state index contributed by atoms with van der Waals surface area (Å²) >= 11 is 1.59. The molecule has 1 unspecified atom stereocenters. The number of likely N-dealkylation sites (tertiary alicyclic amines) is 1. The van der Waals surface area contributed by atoms with Crippen LogP contribution in [0.5, 0.6) is 0 Å². The largest absolute Gasteiger partial charge is 0.341 e. The highest BCUT2D eigenvalue weighted by Crippen LogP contribution is 2.31. The molecule has 1 atom stereocenters. The van der Waals surface area contributed by atoms with Gasteiger partial charge in [-0.15, -0.1) is 11.3 Å². The second-order valence-electron chi connectivity index (χ2n) is 9.05. The summed E-state index contributed by atoms with van der Waals surface area (Å²) in [6, 6.07) is 18.6. The van der Waals surface area contributed by atoms with Gasteiger partial charge in [0.25, 0.3) is 0 Å². The molecular weight excluding hydrogens is 458 g/mol. The number of nitrogens with zero attached hydrogens (tertiary/aromatic N) is 4. The Kier molecular flexibility index (Phi) is 5.83. The van der Waals surface area contributed by atoms with Crippen LogP contribution in [0.1, 0.15) is 25.7 Å². The highest BCUT2D eigenvalue weighted by atomic mass is 32.1. The summed E-state index contributed by atoms with van der Waals surface area (Å²) in [5.41, 5.74) is 3.26. The van der Waals surface area contributed by atoms with Crippen molar-refractivity contribution in [3.05, 3.63) is 65.9 Å². The molecule has 7 nitrogen and oxygen atoms in total. The van der Waals surface area contributed by atoms with Crippen LogP contribution in [-0.4, -0.2) is 38.6 Å². The van der Waals surface area contributed by atoms with E-state index in [1.54, 1.807) is 11.3 Å². The fourth-order valence-corrected chi connectivity index (χ4v) is 5.80. The third-order valence-corrected chi connectivity index (χ3v) is 7.67. The number of aromatic nitrogens is 3. The fourth-order valence-electron chi connectivity index (χ4n) is 5.15. The van der Waals surface area contributed by atoms with Crippen molar-refractivity contribution in [2.24, 2.45) is 5.92 Å². The molecule has 3 aromatic heterocycles. The molecule has 1 fully saturated rings. The first-order chi connectivity index (χ1) is 17.2. The highest BCUT2D eigenvalue weighted by Gasteiger charge is 2.27. The highest BCUT2D eigenvalue weighted by molar-refractivity contribution is 7.13. The van der Waals surface area contributed by atoms with Crippen molar-refractivity contribution in [3.63, 3.8) is 0 Å². The van der Waals surface area contributed by atoms with E-state index in [1.165, 1.54) is 21.8 Å². The Morgan fingerprint density at radius 2 is 2.03 bits per heavy atom. The summed E-state index contributed by atoms with van der Waals surface area (Å²) < 4.78 is 7.79. The zero-order chi connectivity index (χ0) is 23.8. The summed E-state index contributed by atoms with van der Waals surface area (Å²) in [5, 5.41) is 11.7. The van der Waals surface area contributed by atoms with Gasteiger partial charge in [-0.1, -0.05) is 29.4 Å². The number of piperidine rings is 1. The number of benzene rings is 2. The Balaban J connectivity index is 1.15. The van der Waals surface area contributed by atoms with Crippen LogP contribution in [0.3, 0.4) is 0 Å². The average molecular weight is 486 g/mol. The molecule has 35 heavy (non-hydrogen) atoms. The zero-order valence-electron chi connectivity index (χ0n) is 19.6. The second kappa shape index (κ2) is 9.28. The lowest BCUT2D eigenvalue weighted by Crippen LogP contribution is -2.40. The molecule has 4 heterocycles. The van der Waals surface area contributed by atoms with Gasteiger partial charge in [-0.2, -0.15) is 4.98 Å². The Labute approximate surface area is 207 Å². The molecule has 1 aliphatic heterocycles. The van der Waals surface area contributed by atoms with Gasteiger partial charge < -0.3 is 14.4 Å². The van der Waals surface area contributed by atoms with E-state index in [4.69, 9.17) is 4.52 Å². The normalized spacial score (nSPS) is 16.8. The standard InChI is InChI=1S/C27H27N5O2S/c1-2-32-22-9-4-3-8-20(22)21-15-19(11-12-23(21)32)28-27(33)18-7-5-13-31(16-18)17-25-29-26(30-34-25)24-10-6-14-35-24/h3-4,6,8-12,14-15,18H,2,5,7,13,16-17H2,1H3,(H,28,33). The lowest BCUT2D eigenvalue weighted by atomic mass is 9.97. The van der Waals surface area contributed by atoms with Crippen LogP contribution in [0, 0.1) is 5.92 Å². The Morgan fingerprint density at radius 3 is 2.89 bits per heavy atom. The molecule has 0 aliphatic carbocycles. The van der Waals surface area contributed by atoms with E-state index >= 15 is 0 Å². The van der Waals surface area contributed by atoms with Crippen LogP contribution < -0.4 is 5.32 Å². The zero-order valence-corrected chi connectivity index (χ0v) is 20.4. The number of thiophene rings is 1. The van der Waals surface area contributed by atoms with Crippen LogP contribution in [0.4, 0.5) is 5.69 Å². The van der Waals surface area contributed by atoms with Crippen molar-refractivity contribution in [2.75, 3.05) is 18.4 Å². The number of anilines is 1. The number of fused-ring (bicyclic) bond motifs is 3. The Bertz CT molecular complexity index is 1490. The predicted octanol–water partition coefficient (Wildman–Crippen LogP) is 5.78. The Hall–Kier alpha value is -3.49. The number of hydrogen-bond acceptors (Lipinski definition) is 6. The maximum Gasteiger partial charge on any atom is 0.241 e. The quantitative estimate of drug-likeness (QED) is 0.330. The van der Waals surface area contributed by atoms with Gasteiger partial charge in [-0.25, -0.2) is 0 Å². The monoisotopic (exact) mass is 485 g/mol. The van der Waals surface area contributed by atoms with Crippen molar-refractivity contribution < 1.29 is 9.32 Å². The number of amides is 1. The molecule has 0 spiro atoms. The van der Waals surface area contributed by atoms with E-state index < -0.39 is 0 Å². The van der Waals surface area contributed by atoms with E-state index in [9.17, 15) is 4.79 Å². The third kappa shape index (κ3) is 4.24. The maximum atomic E-state index is 13.2. The second-order valence-corrected chi connectivity index (χ2v) is 9.99. The molecule has 8 heteroatoms. The average Bonchev–Trinajstić information content (AvgIpc) is 3.63. The van der Waals surface area contributed by atoms with E-state index in [0.29, 0.717) is 24.8 Å². The number of nitrogens with one attached hydrogen (secondary N) is 1. The fraction of sp³-hybridized carbons (Fsp3) is 0.296. The van der Waals surface area contributed by atoms with E-state index in [0.717, 1.165) is 36.5 Å². The summed E-state index contributed by atoms with van der Waals surface area (Å²) in [4.78, 5) is 21.0. The minimum Gasteiger partial charge on any atom is -0.341 e. The lowest BCUT2D eigenvalue weighted by Gasteiger charge is -2.30. The van der Waals surface area contributed by atoms with Crippen LogP contribution in [0.2, 0.25) is 0 Å². The topological polar surface area (TPSA) is 76.2 Å². The van der Waals surface area contributed by atoms with Crippen LogP contribution in [0.25, 0.3) is 32.5 Å². The molecule has 0 saturated carbocycles. The third-order valence-electron chi connectivity index (χ3n) is 6.80. The van der Waals surface area contributed by atoms with E-state index in [-0.39, 0.29) is 11.8 Å². The van der Waals surface area contributed by atoms with Gasteiger partial charge in [0.15, 0.2) is 0 Å². The van der Waals surface area contributed by atoms with Gasteiger partial charge in [-0.3, -0.25) is 9.69 Å². The number of carbonyl (C=O) groups is 1. The van der Waals surface area contributed by atoms with Gasteiger partial charge in [0, 0.05) is 40.6 Å². The van der Waals surface area contributed by atoms with Gasteiger partial charge in [0.1, 0.15) is 0 Å². The summed E-state index contributed by atoms with van der Waals surface area (Å²) in [6.07, 6.45) is 1.84. The van der Waals surface area contributed by atoms with Gasteiger partial charge in [0.2, 0.25) is 17.6 Å². The van der Waals surface area contributed by atoms with Gasteiger partial charge in [-0.05, 0) is 62.0 Å². The molecule has 1 saturated heterocycles. The first-order valence-corrected chi connectivity index (χ1v) is 13.0. The predicted molar refractivity (Wildman–Crippen MR) is 139 cm³/mol. The number of aryl methyl sites for hydroxylation is 1. The molecule has 1 amide bonds. The van der Waals surface area contributed by atoms with Crippen molar-refractivity contribution in [3.8, 4) is 10.7 Å². The van der Waals surface area contributed by atoms with Crippen LogP contribution in [-0.2, 0) is 17.9 Å². The lowest BCUT2D eigenvalue weighted by molar-refractivity contribution is -0.121. The van der Waals surface area contributed by atoms with Crippen LogP contribution in [0.15, 0.2) is 64.5 Å². The summed E-state index contributed by atoms with van der Waals surface area (Å²) in [6.45, 7) is 5.23. The first kappa shape index (κ1) is 22.0. The van der Waals surface area contributed by atoms with Crippen molar-refractivity contribution in [1.82, 2.24) is 19.6 Å². The number of para-hydroxylation sites is 1. The minimum absolute atomic E-state index is 0.0677. The maximum absolute atomic E-state index is 13.2. The van der Waals surface area contributed by atoms with Gasteiger partial charge >= 0.3 is 0 Å². The van der Waals surface area contributed by atoms with E-state index in [1.807, 2.05) is 23.6 Å². The van der Waals surface area contributed by atoms with Gasteiger partial charge in [0.05, 0.1) is 17.3 Å². The van der Waals surface area contributed by atoms with E-state index in [2.05, 4.69) is 68.2 Å². The molecule has 178 valence electrons. The Morgan fingerprint density at radius 1 is 1.14 bits per heavy atom.